The number of nitrogens with zero attached hydrogens (tertiary/aromatic N) is 2. The third-order valence-electron chi connectivity index (χ3n) is 4.34. The van der Waals surface area contributed by atoms with E-state index in [-0.39, 0.29) is 5.02 Å². The molecule has 1 aromatic heterocycles. The lowest BCUT2D eigenvalue weighted by molar-refractivity contribution is 0.422. The molecule has 0 unspecified atom stereocenters. The van der Waals surface area contributed by atoms with Gasteiger partial charge in [0.25, 0.3) is 0 Å². The molecule has 2 aromatic rings. The number of aromatic nitrogens is 2. The number of benzene rings is 1. The molecule has 3 nitrogen and oxygen atoms in total. The molecule has 1 fully saturated rings. The Labute approximate surface area is 128 Å². The molecule has 0 spiro atoms. The molecule has 21 heavy (non-hydrogen) atoms. The molecule has 2 N–H and O–H groups in total. The van der Waals surface area contributed by atoms with Gasteiger partial charge in [-0.15, -0.1) is 0 Å². The number of hydrogen-bond donors (Lipinski definition) is 1. The monoisotopic (exact) mass is 307 g/mol. The van der Waals surface area contributed by atoms with Crippen LogP contribution in [0.2, 0.25) is 5.02 Å². The molecule has 5 heteroatoms. The van der Waals surface area contributed by atoms with Crippen LogP contribution in [-0.2, 0) is 7.05 Å². The molecule has 0 atom stereocenters. The zero-order chi connectivity index (χ0) is 15.0. The summed E-state index contributed by atoms with van der Waals surface area (Å²) in [5.41, 5.74) is 7.50. The van der Waals surface area contributed by atoms with Crippen molar-refractivity contribution in [2.45, 2.75) is 38.0 Å². The van der Waals surface area contributed by atoms with E-state index in [9.17, 15) is 4.39 Å². The van der Waals surface area contributed by atoms with Crippen LogP contribution in [0, 0.1) is 5.82 Å². The van der Waals surface area contributed by atoms with Crippen LogP contribution in [0.5, 0.6) is 0 Å². The molecule has 1 aliphatic rings. The molecule has 0 saturated heterocycles. The number of nitrogen functional groups attached to an aromatic ring is 1. The third kappa shape index (κ3) is 2.64. The first-order valence-electron chi connectivity index (χ1n) is 7.35. The van der Waals surface area contributed by atoms with Crippen LogP contribution in [-0.4, -0.2) is 9.55 Å². The van der Waals surface area contributed by atoms with Crippen LogP contribution in [0.3, 0.4) is 0 Å². The Balaban J connectivity index is 2.01. The molecule has 1 heterocycles. The highest BCUT2D eigenvalue weighted by molar-refractivity contribution is 6.30. The van der Waals surface area contributed by atoms with Gasteiger partial charge in [0.15, 0.2) is 0 Å². The quantitative estimate of drug-likeness (QED) is 0.887. The summed E-state index contributed by atoms with van der Waals surface area (Å²) in [6, 6.07) is 4.70. The second-order valence-electron chi connectivity index (χ2n) is 5.73. The molecule has 0 bridgehead atoms. The molecule has 1 saturated carbocycles. The van der Waals surface area contributed by atoms with Gasteiger partial charge in [0.1, 0.15) is 23.2 Å². The minimum atomic E-state index is -0.446. The minimum Gasteiger partial charge on any atom is -0.383 e. The molecular formula is C16H19ClFN3. The van der Waals surface area contributed by atoms with Crippen LogP contribution in [0.15, 0.2) is 18.2 Å². The van der Waals surface area contributed by atoms with Crippen LogP contribution >= 0.6 is 11.6 Å². The van der Waals surface area contributed by atoms with Crippen LogP contribution in [0.4, 0.5) is 10.2 Å². The average molecular weight is 308 g/mol. The van der Waals surface area contributed by atoms with E-state index in [0.29, 0.717) is 23.0 Å². The van der Waals surface area contributed by atoms with Crippen LogP contribution in [0.25, 0.3) is 11.3 Å². The highest BCUT2D eigenvalue weighted by atomic mass is 35.5. The van der Waals surface area contributed by atoms with E-state index in [4.69, 9.17) is 22.3 Å². The number of rotatable bonds is 2. The Morgan fingerprint density at radius 2 is 2.00 bits per heavy atom. The molecule has 0 aliphatic heterocycles. The summed E-state index contributed by atoms with van der Waals surface area (Å²) in [5.74, 6) is 1.60. The smallest absolute Gasteiger partial charge is 0.142 e. The van der Waals surface area contributed by atoms with E-state index < -0.39 is 5.82 Å². The molecule has 1 aliphatic carbocycles. The molecule has 1 aromatic carbocycles. The Morgan fingerprint density at radius 1 is 1.29 bits per heavy atom. The number of anilines is 1. The maximum Gasteiger partial charge on any atom is 0.142 e. The van der Waals surface area contributed by atoms with Gasteiger partial charge in [0, 0.05) is 18.5 Å². The van der Waals surface area contributed by atoms with Gasteiger partial charge in [0.05, 0.1) is 5.02 Å². The van der Waals surface area contributed by atoms with Crippen molar-refractivity contribution >= 4 is 17.4 Å². The fourth-order valence-electron chi connectivity index (χ4n) is 3.11. The number of halogens is 2. The van der Waals surface area contributed by atoms with Crippen molar-refractivity contribution in [2.24, 2.45) is 7.05 Å². The van der Waals surface area contributed by atoms with E-state index in [1.807, 2.05) is 11.6 Å². The zero-order valence-electron chi connectivity index (χ0n) is 12.1. The largest absolute Gasteiger partial charge is 0.383 e. The summed E-state index contributed by atoms with van der Waals surface area (Å²) < 4.78 is 15.6. The first-order valence-corrected chi connectivity index (χ1v) is 7.73. The van der Waals surface area contributed by atoms with E-state index in [1.165, 1.54) is 25.3 Å². The van der Waals surface area contributed by atoms with Gasteiger partial charge in [-0.05, 0) is 25.0 Å². The van der Waals surface area contributed by atoms with Crippen molar-refractivity contribution in [3.8, 4) is 11.3 Å². The topological polar surface area (TPSA) is 43.8 Å². The van der Waals surface area contributed by atoms with Gasteiger partial charge in [-0.1, -0.05) is 36.9 Å². The van der Waals surface area contributed by atoms with E-state index in [0.717, 1.165) is 18.7 Å². The lowest BCUT2D eigenvalue weighted by atomic mass is 9.89. The molecular weight excluding hydrogens is 289 g/mol. The predicted octanol–water partition coefficient (Wildman–Crippen LogP) is 4.51. The second-order valence-corrected chi connectivity index (χ2v) is 6.13. The predicted molar refractivity (Wildman–Crippen MR) is 83.9 cm³/mol. The third-order valence-corrected chi connectivity index (χ3v) is 4.64. The fourth-order valence-corrected chi connectivity index (χ4v) is 3.23. The van der Waals surface area contributed by atoms with Gasteiger partial charge < -0.3 is 10.3 Å². The maximum atomic E-state index is 13.7. The van der Waals surface area contributed by atoms with Crippen molar-refractivity contribution in [3.05, 3.63) is 34.9 Å². The Hall–Kier alpha value is -1.55. The van der Waals surface area contributed by atoms with Crippen LogP contribution in [0.1, 0.15) is 43.8 Å². The van der Waals surface area contributed by atoms with E-state index >= 15 is 0 Å². The normalized spacial score (nSPS) is 16.3. The summed E-state index contributed by atoms with van der Waals surface area (Å²) in [5, 5.41) is 0.112. The lowest BCUT2D eigenvalue weighted by Crippen LogP contribution is -2.11. The Morgan fingerprint density at radius 3 is 2.67 bits per heavy atom. The highest BCUT2D eigenvalue weighted by Gasteiger charge is 2.23. The summed E-state index contributed by atoms with van der Waals surface area (Å²) in [6.07, 6.45) is 6.08. The fraction of sp³-hybridized carbons (Fsp3) is 0.438. The maximum absolute atomic E-state index is 13.7. The number of nitrogens with two attached hydrogens (primary N) is 1. The summed E-state index contributed by atoms with van der Waals surface area (Å²) >= 11 is 5.73. The lowest BCUT2D eigenvalue weighted by Gasteiger charge is -2.21. The van der Waals surface area contributed by atoms with Crippen LogP contribution < -0.4 is 5.73 Å². The summed E-state index contributed by atoms with van der Waals surface area (Å²) in [7, 11) is 1.93. The Bertz CT molecular complexity index is 660. The van der Waals surface area contributed by atoms with Crippen molar-refractivity contribution in [1.29, 1.82) is 0 Å². The van der Waals surface area contributed by atoms with E-state index in [1.54, 1.807) is 12.1 Å². The molecule has 112 valence electrons. The van der Waals surface area contributed by atoms with Crippen molar-refractivity contribution in [1.82, 2.24) is 9.55 Å². The SMILES string of the molecule is Cn1c(C2CCCCC2)nc(-c2ccc(Cl)c(F)c2)c1N. The van der Waals surface area contributed by atoms with Gasteiger partial charge in [0.2, 0.25) is 0 Å². The van der Waals surface area contributed by atoms with Crippen molar-refractivity contribution in [3.63, 3.8) is 0 Å². The molecule has 0 radical (unpaired) electrons. The zero-order valence-corrected chi connectivity index (χ0v) is 12.8. The first-order chi connectivity index (χ1) is 10.1. The first kappa shape index (κ1) is 14.4. The van der Waals surface area contributed by atoms with Gasteiger partial charge in [-0.25, -0.2) is 9.37 Å². The minimum absolute atomic E-state index is 0.112. The van der Waals surface area contributed by atoms with Gasteiger partial charge in [-0.3, -0.25) is 0 Å². The van der Waals surface area contributed by atoms with Gasteiger partial charge >= 0.3 is 0 Å². The molecule has 3 rings (SSSR count). The van der Waals surface area contributed by atoms with E-state index in [2.05, 4.69) is 0 Å². The number of hydrogen-bond acceptors (Lipinski definition) is 2. The second kappa shape index (κ2) is 5.68. The van der Waals surface area contributed by atoms with Crippen molar-refractivity contribution < 1.29 is 4.39 Å². The Kier molecular flexibility index (Phi) is 3.89. The summed E-state index contributed by atoms with van der Waals surface area (Å²) in [4.78, 5) is 4.70. The molecule has 0 amide bonds. The average Bonchev–Trinajstić information content (AvgIpc) is 2.79. The number of imidazole rings is 1. The highest BCUT2D eigenvalue weighted by Crippen LogP contribution is 2.36. The summed E-state index contributed by atoms with van der Waals surface area (Å²) in [6.45, 7) is 0. The standard InChI is InChI=1S/C16H19ClFN3/c1-21-15(19)14(11-7-8-12(17)13(18)9-11)20-16(21)10-5-3-2-4-6-10/h7-10H,2-6,19H2,1H3. The van der Waals surface area contributed by atoms with Gasteiger partial charge in [-0.2, -0.15) is 0 Å². The van der Waals surface area contributed by atoms with Crippen molar-refractivity contribution in [2.75, 3.05) is 5.73 Å².